The van der Waals surface area contributed by atoms with E-state index in [1.54, 1.807) is 0 Å². The monoisotopic (exact) mass is 252 g/mol. The van der Waals surface area contributed by atoms with Gasteiger partial charge >= 0.3 is 0 Å². The van der Waals surface area contributed by atoms with E-state index in [2.05, 4.69) is 37.9 Å². The Morgan fingerprint density at radius 2 is 1.78 bits per heavy atom. The summed E-state index contributed by atoms with van der Waals surface area (Å²) in [5.74, 6) is 1.64. The zero-order valence-corrected chi connectivity index (χ0v) is 12.8. The van der Waals surface area contributed by atoms with E-state index in [-0.39, 0.29) is 0 Å². The minimum atomic E-state index is 0.691. The second-order valence-electron chi connectivity index (χ2n) is 6.99. The van der Waals surface area contributed by atoms with Gasteiger partial charge in [0.2, 0.25) is 0 Å². The third-order valence-corrected chi connectivity index (χ3v) is 5.20. The predicted octanol–water partition coefficient (Wildman–Crippen LogP) is 3.27. The van der Waals surface area contributed by atoms with Gasteiger partial charge in [0.1, 0.15) is 0 Å². The molecule has 4 unspecified atom stereocenters. The smallest absolute Gasteiger partial charge is 0.0218 e. The van der Waals surface area contributed by atoms with Crippen LogP contribution in [0.25, 0.3) is 0 Å². The molecule has 1 saturated heterocycles. The number of nitrogens with one attached hydrogen (secondary N) is 1. The normalized spacial score (nSPS) is 39.8. The van der Waals surface area contributed by atoms with Crippen LogP contribution in [-0.2, 0) is 0 Å². The summed E-state index contributed by atoms with van der Waals surface area (Å²) in [6.07, 6.45) is 7.21. The molecule has 1 aliphatic carbocycles. The third-order valence-electron chi connectivity index (χ3n) is 5.20. The highest BCUT2D eigenvalue weighted by Crippen LogP contribution is 2.29. The molecule has 2 nitrogen and oxygen atoms in total. The van der Waals surface area contributed by atoms with Crippen LogP contribution >= 0.6 is 0 Å². The number of piperazine rings is 1. The molecular formula is C16H32N2. The maximum Gasteiger partial charge on any atom is 0.0218 e. The fourth-order valence-electron chi connectivity index (χ4n) is 3.79. The number of hydrogen-bond donors (Lipinski definition) is 1. The lowest BCUT2D eigenvalue weighted by Gasteiger charge is -2.46. The number of hydrogen-bond acceptors (Lipinski definition) is 2. The van der Waals surface area contributed by atoms with Crippen molar-refractivity contribution in [3.8, 4) is 0 Å². The summed E-state index contributed by atoms with van der Waals surface area (Å²) < 4.78 is 0. The average Bonchev–Trinajstić information content (AvgIpc) is 2.54. The van der Waals surface area contributed by atoms with Gasteiger partial charge in [-0.05, 0) is 31.6 Å². The van der Waals surface area contributed by atoms with Gasteiger partial charge in [-0.15, -0.1) is 0 Å². The summed E-state index contributed by atoms with van der Waals surface area (Å²) in [6.45, 7) is 12.0. The Hall–Kier alpha value is -0.0800. The molecule has 1 N–H and O–H groups in total. The lowest BCUT2D eigenvalue weighted by Crippen LogP contribution is -2.60. The van der Waals surface area contributed by atoms with Gasteiger partial charge in [0, 0.05) is 31.2 Å². The van der Waals surface area contributed by atoms with Crippen LogP contribution in [-0.4, -0.2) is 36.1 Å². The standard InChI is InChI=1S/C16H32N2/c1-12(2)15-11-18(14(4)10-17-15)16-9-7-5-6-8-13(16)3/h12-17H,5-11H2,1-4H3. The Labute approximate surface area is 114 Å². The SMILES string of the molecule is CC(C)C1CN(C2CCCCCC2C)C(C)CN1. The molecule has 1 heterocycles. The maximum atomic E-state index is 3.73. The molecule has 1 aliphatic heterocycles. The summed E-state index contributed by atoms with van der Waals surface area (Å²) in [7, 11) is 0. The van der Waals surface area contributed by atoms with E-state index in [0.717, 1.165) is 17.9 Å². The maximum absolute atomic E-state index is 3.73. The lowest BCUT2D eigenvalue weighted by molar-refractivity contribution is 0.0491. The quantitative estimate of drug-likeness (QED) is 0.759. The zero-order chi connectivity index (χ0) is 13.1. The summed E-state index contributed by atoms with van der Waals surface area (Å²) >= 11 is 0. The minimum Gasteiger partial charge on any atom is -0.311 e. The molecule has 0 spiro atoms. The molecule has 0 amide bonds. The molecule has 2 aliphatic rings. The molecule has 0 aromatic carbocycles. The Morgan fingerprint density at radius 3 is 2.50 bits per heavy atom. The largest absolute Gasteiger partial charge is 0.311 e. The first-order valence-corrected chi connectivity index (χ1v) is 8.08. The van der Waals surface area contributed by atoms with Crippen molar-refractivity contribution in [3.05, 3.63) is 0 Å². The zero-order valence-electron chi connectivity index (χ0n) is 12.8. The molecular weight excluding hydrogens is 220 g/mol. The Bertz CT molecular complexity index is 251. The molecule has 0 aromatic heterocycles. The molecule has 2 heteroatoms. The number of rotatable bonds is 2. The van der Waals surface area contributed by atoms with Gasteiger partial charge in [-0.3, -0.25) is 4.90 Å². The van der Waals surface area contributed by atoms with Gasteiger partial charge in [-0.25, -0.2) is 0 Å². The fraction of sp³-hybridized carbons (Fsp3) is 1.00. The van der Waals surface area contributed by atoms with Crippen LogP contribution in [0.1, 0.15) is 59.8 Å². The van der Waals surface area contributed by atoms with Gasteiger partial charge in [-0.2, -0.15) is 0 Å². The van der Waals surface area contributed by atoms with Crippen LogP contribution < -0.4 is 5.32 Å². The predicted molar refractivity (Wildman–Crippen MR) is 78.8 cm³/mol. The molecule has 1 saturated carbocycles. The van der Waals surface area contributed by atoms with Crippen LogP contribution in [0.2, 0.25) is 0 Å². The Morgan fingerprint density at radius 1 is 1.06 bits per heavy atom. The highest BCUT2D eigenvalue weighted by atomic mass is 15.3. The first-order valence-electron chi connectivity index (χ1n) is 8.08. The summed E-state index contributed by atoms with van der Waals surface area (Å²) in [6, 6.07) is 2.24. The van der Waals surface area contributed by atoms with Gasteiger partial charge in [0.05, 0.1) is 0 Å². The lowest BCUT2D eigenvalue weighted by atomic mass is 9.91. The van der Waals surface area contributed by atoms with Gasteiger partial charge in [-0.1, -0.05) is 40.0 Å². The summed E-state index contributed by atoms with van der Waals surface area (Å²) in [5, 5.41) is 3.73. The van der Waals surface area contributed by atoms with Gasteiger partial charge < -0.3 is 5.32 Å². The number of nitrogens with zero attached hydrogens (tertiary/aromatic N) is 1. The van der Waals surface area contributed by atoms with E-state index >= 15 is 0 Å². The average molecular weight is 252 g/mol. The van der Waals surface area contributed by atoms with Crippen molar-refractivity contribution in [1.82, 2.24) is 10.2 Å². The summed E-state index contributed by atoms with van der Waals surface area (Å²) in [5.41, 5.74) is 0. The van der Waals surface area contributed by atoms with Crippen molar-refractivity contribution < 1.29 is 0 Å². The molecule has 0 radical (unpaired) electrons. The van der Waals surface area contributed by atoms with Crippen LogP contribution in [0, 0.1) is 11.8 Å². The van der Waals surface area contributed by atoms with Crippen LogP contribution in [0.5, 0.6) is 0 Å². The molecule has 2 fully saturated rings. The molecule has 0 bridgehead atoms. The second-order valence-corrected chi connectivity index (χ2v) is 6.99. The highest BCUT2D eigenvalue weighted by Gasteiger charge is 2.34. The van der Waals surface area contributed by atoms with Gasteiger partial charge in [0.15, 0.2) is 0 Å². The van der Waals surface area contributed by atoms with E-state index in [4.69, 9.17) is 0 Å². The topological polar surface area (TPSA) is 15.3 Å². The van der Waals surface area contributed by atoms with Crippen molar-refractivity contribution in [2.75, 3.05) is 13.1 Å². The highest BCUT2D eigenvalue weighted by molar-refractivity contribution is 4.91. The molecule has 18 heavy (non-hydrogen) atoms. The van der Waals surface area contributed by atoms with Gasteiger partial charge in [0.25, 0.3) is 0 Å². The van der Waals surface area contributed by atoms with E-state index in [0.29, 0.717) is 12.1 Å². The molecule has 2 rings (SSSR count). The van der Waals surface area contributed by atoms with Crippen LogP contribution in [0.15, 0.2) is 0 Å². The molecule has 106 valence electrons. The van der Waals surface area contributed by atoms with Crippen LogP contribution in [0.4, 0.5) is 0 Å². The third kappa shape index (κ3) is 3.27. The van der Waals surface area contributed by atoms with E-state index in [1.807, 2.05) is 0 Å². The van der Waals surface area contributed by atoms with Crippen LogP contribution in [0.3, 0.4) is 0 Å². The van der Waals surface area contributed by atoms with E-state index in [9.17, 15) is 0 Å². The van der Waals surface area contributed by atoms with Crippen molar-refractivity contribution in [1.29, 1.82) is 0 Å². The van der Waals surface area contributed by atoms with Crippen molar-refractivity contribution >= 4 is 0 Å². The summed E-state index contributed by atoms with van der Waals surface area (Å²) in [4.78, 5) is 2.83. The Balaban J connectivity index is 2.03. The van der Waals surface area contributed by atoms with Crippen molar-refractivity contribution in [2.24, 2.45) is 11.8 Å². The minimum absolute atomic E-state index is 0.691. The fourth-order valence-corrected chi connectivity index (χ4v) is 3.79. The second kappa shape index (κ2) is 6.38. The van der Waals surface area contributed by atoms with E-state index in [1.165, 1.54) is 45.2 Å². The van der Waals surface area contributed by atoms with Crippen molar-refractivity contribution in [3.63, 3.8) is 0 Å². The molecule has 4 atom stereocenters. The van der Waals surface area contributed by atoms with E-state index < -0.39 is 0 Å². The first-order chi connectivity index (χ1) is 8.59. The molecule has 0 aromatic rings. The first kappa shape index (κ1) is 14.3. The Kier molecular flexibility index (Phi) is 5.08. The van der Waals surface area contributed by atoms with Crippen molar-refractivity contribution in [2.45, 2.75) is 77.9 Å².